The van der Waals surface area contributed by atoms with Crippen molar-refractivity contribution >= 4 is 11.6 Å². The van der Waals surface area contributed by atoms with E-state index in [1.165, 1.54) is 11.3 Å². The molecular formula is C16H22N4. The topological polar surface area (TPSA) is 44.9 Å². The molecule has 2 aliphatic rings. The summed E-state index contributed by atoms with van der Waals surface area (Å²) in [4.78, 5) is 8.89. The number of para-hydroxylation sites is 1. The van der Waals surface area contributed by atoms with Gasteiger partial charge in [-0.25, -0.2) is 0 Å². The van der Waals surface area contributed by atoms with Gasteiger partial charge in [-0.15, -0.1) is 0 Å². The molecule has 4 nitrogen and oxygen atoms in total. The van der Waals surface area contributed by atoms with E-state index in [9.17, 15) is 0 Å². The Bertz CT molecular complexity index is 590. The molecule has 0 bridgehead atoms. The van der Waals surface area contributed by atoms with Crippen molar-refractivity contribution in [3.8, 4) is 0 Å². The van der Waals surface area contributed by atoms with E-state index in [1.54, 1.807) is 0 Å². The van der Waals surface area contributed by atoms with Crippen LogP contribution in [0.15, 0.2) is 41.2 Å². The minimum Gasteiger partial charge on any atom is -0.369 e. The molecule has 0 aromatic heterocycles. The molecule has 0 amide bonds. The lowest BCUT2D eigenvalue weighted by Crippen LogP contribution is -2.44. The first kappa shape index (κ1) is 13.0. The number of fused-ring (bicyclic) bond motifs is 1. The summed E-state index contributed by atoms with van der Waals surface area (Å²) in [5, 5.41) is 0. The van der Waals surface area contributed by atoms with Gasteiger partial charge >= 0.3 is 0 Å². The maximum Gasteiger partial charge on any atom is 0.198 e. The molecule has 0 fully saturated rings. The second-order valence-corrected chi connectivity index (χ2v) is 5.80. The fourth-order valence-electron chi connectivity index (χ4n) is 3.03. The summed E-state index contributed by atoms with van der Waals surface area (Å²) in [5.74, 6) is 2.05. The Balaban J connectivity index is 2.05. The molecule has 2 N–H and O–H groups in total. The molecular weight excluding hydrogens is 248 g/mol. The van der Waals surface area contributed by atoms with E-state index in [2.05, 4.69) is 61.0 Å². The Hall–Kier alpha value is -1.97. The fraction of sp³-hybridized carbons (Fsp3) is 0.438. The van der Waals surface area contributed by atoms with Crippen molar-refractivity contribution in [2.24, 2.45) is 10.7 Å². The average Bonchev–Trinajstić information content (AvgIpc) is 2.68. The van der Waals surface area contributed by atoms with Gasteiger partial charge in [-0.05, 0) is 31.6 Å². The molecule has 2 aliphatic heterocycles. The van der Waals surface area contributed by atoms with Gasteiger partial charge in [0.15, 0.2) is 5.96 Å². The van der Waals surface area contributed by atoms with Crippen LogP contribution >= 0.6 is 0 Å². The Morgan fingerprint density at radius 2 is 1.85 bits per heavy atom. The van der Waals surface area contributed by atoms with E-state index < -0.39 is 0 Å². The number of likely N-dealkylation sites (N-methyl/N-ethyl adjacent to an activating group) is 1. The zero-order valence-corrected chi connectivity index (χ0v) is 12.5. The number of benzene rings is 1. The second-order valence-electron chi connectivity index (χ2n) is 5.80. The normalized spacial score (nSPS) is 29.1. The highest BCUT2D eigenvalue weighted by Gasteiger charge is 2.35. The van der Waals surface area contributed by atoms with Gasteiger partial charge in [-0.2, -0.15) is 4.99 Å². The van der Waals surface area contributed by atoms with Crippen molar-refractivity contribution in [1.82, 2.24) is 4.90 Å². The Morgan fingerprint density at radius 1 is 1.15 bits per heavy atom. The molecule has 20 heavy (non-hydrogen) atoms. The highest BCUT2D eigenvalue weighted by Crippen LogP contribution is 2.43. The molecule has 0 saturated carbocycles. The SMILES string of the molecule is CC1c2ccccc2N(C2=CC(C)N(C)C(N)=N2)C1C. The Kier molecular flexibility index (Phi) is 2.96. The summed E-state index contributed by atoms with van der Waals surface area (Å²) in [6, 6.07) is 9.23. The summed E-state index contributed by atoms with van der Waals surface area (Å²) < 4.78 is 0. The monoisotopic (exact) mass is 270 g/mol. The maximum atomic E-state index is 6.04. The lowest BCUT2D eigenvalue weighted by molar-refractivity contribution is 0.434. The number of guanidine groups is 1. The first-order valence-electron chi connectivity index (χ1n) is 7.17. The third-order valence-corrected chi connectivity index (χ3v) is 4.66. The molecule has 0 spiro atoms. The first-order chi connectivity index (χ1) is 9.50. The molecule has 3 atom stereocenters. The zero-order valence-electron chi connectivity index (χ0n) is 12.5. The largest absolute Gasteiger partial charge is 0.369 e. The molecule has 1 aromatic carbocycles. The fourth-order valence-corrected chi connectivity index (χ4v) is 3.03. The van der Waals surface area contributed by atoms with Crippen molar-refractivity contribution in [3.05, 3.63) is 41.7 Å². The summed E-state index contributed by atoms with van der Waals surface area (Å²) in [6.45, 7) is 6.66. The van der Waals surface area contributed by atoms with E-state index in [4.69, 9.17) is 5.73 Å². The highest BCUT2D eigenvalue weighted by atomic mass is 15.3. The van der Waals surface area contributed by atoms with Crippen LogP contribution in [-0.2, 0) is 0 Å². The van der Waals surface area contributed by atoms with Gasteiger partial charge < -0.3 is 15.5 Å². The van der Waals surface area contributed by atoms with E-state index >= 15 is 0 Å². The number of aliphatic imine (C=N–C) groups is 1. The minimum atomic E-state index is 0.262. The van der Waals surface area contributed by atoms with Crippen molar-refractivity contribution < 1.29 is 0 Å². The Labute approximate surface area is 120 Å². The average molecular weight is 270 g/mol. The number of nitrogens with zero attached hydrogens (tertiary/aromatic N) is 3. The van der Waals surface area contributed by atoms with Crippen molar-refractivity contribution in [2.75, 3.05) is 11.9 Å². The number of hydrogen-bond acceptors (Lipinski definition) is 4. The smallest absolute Gasteiger partial charge is 0.198 e. The van der Waals surface area contributed by atoms with Crippen LogP contribution in [0.3, 0.4) is 0 Å². The number of hydrogen-bond donors (Lipinski definition) is 1. The predicted octanol–water partition coefficient (Wildman–Crippen LogP) is 2.49. The number of nitrogens with two attached hydrogens (primary N) is 1. The highest BCUT2D eigenvalue weighted by molar-refractivity contribution is 5.81. The third-order valence-electron chi connectivity index (χ3n) is 4.66. The summed E-state index contributed by atoms with van der Waals surface area (Å²) in [5.41, 5.74) is 8.68. The lowest BCUT2D eigenvalue weighted by atomic mass is 9.98. The first-order valence-corrected chi connectivity index (χ1v) is 7.17. The summed E-state index contributed by atoms with van der Waals surface area (Å²) in [7, 11) is 1.97. The lowest BCUT2D eigenvalue weighted by Gasteiger charge is -2.33. The zero-order chi connectivity index (χ0) is 14.4. The molecule has 1 aromatic rings. The van der Waals surface area contributed by atoms with E-state index in [0.29, 0.717) is 17.9 Å². The number of anilines is 1. The van der Waals surface area contributed by atoms with Gasteiger partial charge in [0.2, 0.25) is 0 Å². The molecule has 0 radical (unpaired) electrons. The molecule has 4 heteroatoms. The molecule has 2 heterocycles. The van der Waals surface area contributed by atoms with Crippen LogP contribution < -0.4 is 10.6 Å². The molecule has 0 aliphatic carbocycles. The molecule has 3 rings (SSSR count). The molecule has 0 saturated heterocycles. The van der Waals surface area contributed by atoms with Gasteiger partial charge in [0.05, 0.1) is 6.04 Å². The predicted molar refractivity (Wildman–Crippen MR) is 83.7 cm³/mol. The van der Waals surface area contributed by atoms with Crippen LogP contribution in [0.5, 0.6) is 0 Å². The van der Waals surface area contributed by atoms with Crippen LogP contribution in [0.25, 0.3) is 0 Å². The van der Waals surface area contributed by atoms with E-state index in [0.717, 1.165) is 5.82 Å². The maximum absolute atomic E-state index is 6.04. The van der Waals surface area contributed by atoms with Crippen LogP contribution in [0.2, 0.25) is 0 Å². The van der Waals surface area contributed by atoms with Gasteiger partial charge in [-0.1, -0.05) is 25.1 Å². The standard InChI is InChI=1S/C16H22N4/c1-10-9-15(18-16(17)19(10)4)20-12(3)11(2)13-7-5-6-8-14(13)20/h5-12H,1-4H3,(H2,17,18). The van der Waals surface area contributed by atoms with Crippen molar-refractivity contribution in [1.29, 1.82) is 0 Å². The Morgan fingerprint density at radius 3 is 2.55 bits per heavy atom. The van der Waals surface area contributed by atoms with Gasteiger partial charge in [0.1, 0.15) is 5.82 Å². The van der Waals surface area contributed by atoms with Crippen molar-refractivity contribution in [3.63, 3.8) is 0 Å². The van der Waals surface area contributed by atoms with Crippen LogP contribution in [0.4, 0.5) is 5.69 Å². The number of rotatable bonds is 1. The summed E-state index contributed by atoms with van der Waals surface area (Å²) >= 11 is 0. The van der Waals surface area contributed by atoms with Gasteiger partial charge in [-0.3, -0.25) is 0 Å². The third kappa shape index (κ3) is 1.79. The minimum absolute atomic E-state index is 0.262. The van der Waals surface area contributed by atoms with E-state index in [-0.39, 0.29) is 6.04 Å². The summed E-state index contributed by atoms with van der Waals surface area (Å²) in [6.07, 6.45) is 2.18. The molecule has 106 valence electrons. The van der Waals surface area contributed by atoms with Crippen LogP contribution in [0, 0.1) is 0 Å². The van der Waals surface area contributed by atoms with Crippen LogP contribution in [0.1, 0.15) is 32.3 Å². The van der Waals surface area contributed by atoms with Gasteiger partial charge in [0.25, 0.3) is 0 Å². The second kappa shape index (κ2) is 4.54. The van der Waals surface area contributed by atoms with Crippen molar-refractivity contribution in [2.45, 2.75) is 38.8 Å². The van der Waals surface area contributed by atoms with Gasteiger partial charge in [0, 0.05) is 24.7 Å². The molecule has 3 unspecified atom stereocenters. The van der Waals surface area contributed by atoms with E-state index in [1.807, 2.05) is 11.9 Å². The quantitative estimate of drug-likeness (QED) is 0.852. The van der Waals surface area contributed by atoms with Crippen LogP contribution in [-0.4, -0.2) is 30.0 Å².